The van der Waals surface area contributed by atoms with E-state index in [9.17, 15) is 13.2 Å². The monoisotopic (exact) mass is 251 g/mol. The number of terminal acetylenes is 1. The molecule has 0 aliphatic rings. The number of benzene rings is 1. The molecule has 4 heteroatoms. The molecule has 0 aliphatic carbocycles. The maximum atomic E-state index is 13.2. The normalized spacial score (nSPS) is 11.7. The molecule has 1 nitrogen and oxygen atoms in total. The molecular formula is C14H12F3N. The lowest BCUT2D eigenvalue weighted by Crippen LogP contribution is -2.15. The van der Waals surface area contributed by atoms with Gasteiger partial charge < -0.3 is 4.57 Å². The first kappa shape index (κ1) is 12.6. The molecule has 0 saturated heterocycles. The van der Waals surface area contributed by atoms with E-state index in [0.717, 1.165) is 0 Å². The van der Waals surface area contributed by atoms with Crippen LogP contribution in [0.3, 0.4) is 0 Å². The van der Waals surface area contributed by atoms with Crippen LogP contribution in [0.5, 0.6) is 0 Å². The maximum Gasteiger partial charge on any atom is 0.431 e. The highest BCUT2D eigenvalue weighted by atomic mass is 19.4. The summed E-state index contributed by atoms with van der Waals surface area (Å²) in [6.45, 7) is 1.65. The molecule has 0 unspecified atom stereocenters. The Hall–Kier alpha value is -1.89. The van der Waals surface area contributed by atoms with Crippen LogP contribution in [-0.2, 0) is 19.1 Å². The van der Waals surface area contributed by atoms with E-state index in [4.69, 9.17) is 6.42 Å². The highest BCUT2D eigenvalue weighted by Gasteiger charge is 2.38. The fourth-order valence-electron chi connectivity index (χ4n) is 2.31. The summed E-state index contributed by atoms with van der Waals surface area (Å²) < 4.78 is 40.7. The number of alkyl halides is 3. The van der Waals surface area contributed by atoms with Gasteiger partial charge in [0.25, 0.3) is 0 Å². The number of para-hydroxylation sites is 1. The summed E-state index contributed by atoms with van der Waals surface area (Å²) >= 11 is 0. The van der Waals surface area contributed by atoms with Crippen molar-refractivity contribution in [3.8, 4) is 12.3 Å². The largest absolute Gasteiger partial charge is 0.431 e. The van der Waals surface area contributed by atoms with Crippen molar-refractivity contribution < 1.29 is 13.2 Å². The van der Waals surface area contributed by atoms with Gasteiger partial charge >= 0.3 is 6.18 Å². The van der Waals surface area contributed by atoms with E-state index in [-0.39, 0.29) is 6.54 Å². The predicted molar refractivity (Wildman–Crippen MR) is 65.2 cm³/mol. The van der Waals surface area contributed by atoms with Crippen LogP contribution in [0.25, 0.3) is 10.9 Å². The van der Waals surface area contributed by atoms with Gasteiger partial charge in [-0.25, -0.2) is 0 Å². The minimum atomic E-state index is -4.39. The zero-order valence-electron chi connectivity index (χ0n) is 9.88. The van der Waals surface area contributed by atoms with Crippen molar-refractivity contribution in [2.24, 2.45) is 0 Å². The van der Waals surface area contributed by atoms with Gasteiger partial charge in [0.1, 0.15) is 5.69 Å². The summed E-state index contributed by atoms with van der Waals surface area (Å²) in [5.74, 6) is 2.29. The van der Waals surface area contributed by atoms with Gasteiger partial charge in [0.05, 0.1) is 6.54 Å². The third kappa shape index (κ3) is 1.86. The van der Waals surface area contributed by atoms with E-state index in [0.29, 0.717) is 22.9 Å². The number of hydrogen-bond acceptors (Lipinski definition) is 0. The molecular weight excluding hydrogens is 239 g/mol. The molecule has 0 N–H and O–H groups in total. The van der Waals surface area contributed by atoms with Crippen LogP contribution in [0, 0.1) is 12.3 Å². The van der Waals surface area contributed by atoms with Crippen molar-refractivity contribution >= 4 is 10.9 Å². The average Bonchev–Trinajstić information content (AvgIpc) is 2.64. The molecule has 0 bridgehead atoms. The number of halogens is 3. The molecule has 0 amide bonds. The Labute approximate surface area is 103 Å². The minimum absolute atomic E-state index is 0.0741. The lowest BCUT2D eigenvalue weighted by molar-refractivity contribution is -0.143. The fourth-order valence-corrected chi connectivity index (χ4v) is 2.31. The Morgan fingerprint density at radius 3 is 2.50 bits per heavy atom. The van der Waals surface area contributed by atoms with Crippen LogP contribution >= 0.6 is 0 Å². The number of hydrogen-bond donors (Lipinski definition) is 0. The molecule has 0 atom stereocenters. The second-order valence-corrected chi connectivity index (χ2v) is 3.99. The Morgan fingerprint density at radius 1 is 1.28 bits per heavy atom. The predicted octanol–water partition coefficient (Wildman–Crippen LogP) is 3.86. The van der Waals surface area contributed by atoms with Gasteiger partial charge in [-0.2, -0.15) is 13.2 Å². The zero-order valence-corrected chi connectivity index (χ0v) is 9.88. The highest BCUT2D eigenvalue weighted by molar-refractivity contribution is 5.86. The first-order valence-electron chi connectivity index (χ1n) is 5.61. The van der Waals surface area contributed by atoms with Crippen molar-refractivity contribution in [3.63, 3.8) is 0 Å². The van der Waals surface area contributed by atoms with Gasteiger partial charge in [0.15, 0.2) is 0 Å². The molecule has 0 radical (unpaired) electrons. The molecule has 94 valence electrons. The van der Waals surface area contributed by atoms with E-state index in [1.807, 2.05) is 0 Å². The molecule has 18 heavy (non-hydrogen) atoms. The van der Waals surface area contributed by atoms with Crippen molar-refractivity contribution in [1.82, 2.24) is 4.57 Å². The van der Waals surface area contributed by atoms with Crippen molar-refractivity contribution in [3.05, 3.63) is 35.5 Å². The van der Waals surface area contributed by atoms with E-state index in [1.165, 1.54) is 4.57 Å². The summed E-state index contributed by atoms with van der Waals surface area (Å²) in [5, 5.41) is 0.627. The summed E-state index contributed by atoms with van der Waals surface area (Å²) in [6.07, 6.45) is 1.11. The molecule has 0 fully saturated rings. The second-order valence-electron chi connectivity index (χ2n) is 3.99. The molecule has 2 aromatic rings. The summed E-state index contributed by atoms with van der Waals surface area (Å²) in [6, 6.07) is 6.83. The Morgan fingerprint density at radius 2 is 1.94 bits per heavy atom. The summed E-state index contributed by atoms with van der Waals surface area (Å²) in [4.78, 5) is 0. The molecule has 0 spiro atoms. The lowest BCUT2D eigenvalue weighted by Gasteiger charge is -2.12. The number of aryl methyl sites for hydroxylation is 1. The fraction of sp³-hybridized carbons (Fsp3) is 0.286. The van der Waals surface area contributed by atoms with Crippen LogP contribution in [0.2, 0.25) is 0 Å². The number of fused-ring (bicyclic) bond motifs is 1. The van der Waals surface area contributed by atoms with Crippen LogP contribution in [-0.4, -0.2) is 4.57 Å². The number of nitrogens with zero attached hydrogens (tertiary/aromatic N) is 1. The third-order valence-corrected chi connectivity index (χ3v) is 2.95. The topological polar surface area (TPSA) is 4.93 Å². The smallest absolute Gasteiger partial charge is 0.325 e. The Bertz CT molecular complexity index is 614. The number of aromatic nitrogens is 1. The summed E-state index contributed by atoms with van der Waals surface area (Å²) in [5.41, 5.74) is 0.233. The van der Waals surface area contributed by atoms with E-state index in [1.54, 1.807) is 31.2 Å². The van der Waals surface area contributed by atoms with Gasteiger partial charge in [-0.15, -0.1) is 6.42 Å². The zero-order chi connectivity index (χ0) is 13.3. The minimum Gasteiger partial charge on any atom is -0.325 e. The van der Waals surface area contributed by atoms with Crippen LogP contribution in [0.1, 0.15) is 18.2 Å². The molecule has 0 saturated carbocycles. The molecule has 2 rings (SSSR count). The average molecular weight is 251 g/mol. The van der Waals surface area contributed by atoms with E-state index >= 15 is 0 Å². The van der Waals surface area contributed by atoms with Gasteiger partial charge in [-0.3, -0.25) is 0 Å². The van der Waals surface area contributed by atoms with Crippen molar-refractivity contribution in [2.45, 2.75) is 26.1 Å². The maximum absolute atomic E-state index is 13.2. The van der Waals surface area contributed by atoms with E-state index in [2.05, 4.69) is 5.92 Å². The summed E-state index contributed by atoms with van der Waals surface area (Å²) in [7, 11) is 0. The van der Waals surface area contributed by atoms with Crippen molar-refractivity contribution in [1.29, 1.82) is 0 Å². The SMILES string of the molecule is C#CCn1c(C(F)(F)F)c(CC)c2ccccc21. The first-order chi connectivity index (χ1) is 8.50. The van der Waals surface area contributed by atoms with Gasteiger partial charge in [0, 0.05) is 10.9 Å². The van der Waals surface area contributed by atoms with Crippen LogP contribution < -0.4 is 0 Å². The van der Waals surface area contributed by atoms with Gasteiger partial charge in [0.2, 0.25) is 0 Å². The Balaban J connectivity index is 2.88. The van der Waals surface area contributed by atoms with Crippen LogP contribution in [0.15, 0.2) is 24.3 Å². The second kappa shape index (κ2) is 4.41. The molecule has 0 aliphatic heterocycles. The Kier molecular flexibility index (Phi) is 3.08. The number of rotatable bonds is 2. The van der Waals surface area contributed by atoms with Gasteiger partial charge in [-0.1, -0.05) is 31.0 Å². The van der Waals surface area contributed by atoms with Gasteiger partial charge in [-0.05, 0) is 18.1 Å². The molecule has 1 aromatic carbocycles. The molecule has 1 aromatic heterocycles. The molecule has 1 heterocycles. The standard InChI is InChI=1S/C14H12F3N/c1-3-9-18-12-8-6-5-7-11(12)10(4-2)13(18)14(15,16)17/h1,5-8H,4,9H2,2H3. The van der Waals surface area contributed by atoms with Crippen LogP contribution in [0.4, 0.5) is 13.2 Å². The lowest BCUT2D eigenvalue weighted by atomic mass is 10.1. The quantitative estimate of drug-likeness (QED) is 0.714. The highest BCUT2D eigenvalue weighted by Crippen LogP contribution is 2.38. The third-order valence-electron chi connectivity index (χ3n) is 2.95. The van der Waals surface area contributed by atoms with E-state index < -0.39 is 11.9 Å². The first-order valence-corrected chi connectivity index (χ1v) is 5.61. The van der Waals surface area contributed by atoms with Crippen molar-refractivity contribution in [2.75, 3.05) is 0 Å².